The molecular formula is C10H12N5NaO5P. The van der Waals surface area contributed by atoms with Crippen LogP contribution in [0.1, 0.15) is 12.6 Å². The van der Waals surface area contributed by atoms with Crippen LogP contribution in [0.5, 0.6) is 0 Å². The molecule has 3 N–H and O–H groups in total. The SMILES string of the molecule is Nc1ncnc2c1ncn2[C@H]1C[C@@H]2OP(=O)(O)OC[C@H]2O1.[Na]. The van der Waals surface area contributed by atoms with Crippen LogP contribution in [-0.2, 0) is 18.3 Å². The van der Waals surface area contributed by atoms with Crippen molar-refractivity contribution >= 4 is 54.4 Å². The summed E-state index contributed by atoms with van der Waals surface area (Å²) in [5, 5.41) is 0. The summed E-state index contributed by atoms with van der Waals surface area (Å²) in [6.07, 6.45) is 1.97. The fourth-order valence-corrected chi connectivity index (χ4v) is 3.54. The van der Waals surface area contributed by atoms with Gasteiger partial charge in [0.25, 0.3) is 0 Å². The standard InChI is InChI=1S/C10H12N5O5P.Na/c11-9-8-10(13-3-12-9)15(4-14-8)7-1-5-6(19-7)2-18-21(16,17)20-5;/h3-7H,1-2H2,(H,16,17)(H2,11,12,13);/t5-,6+,7+;/m0./s1. The van der Waals surface area contributed by atoms with Crippen LogP contribution in [-0.4, -0.2) is 72.8 Å². The van der Waals surface area contributed by atoms with Crippen LogP contribution in [0.3, 0.4) is 0 Å². The molecule has 0 aromatic carbocycles. The van der Waals surface area contributed by atoms with Gasteiger partial charge in [-0.3, -0.25) is 13.6 Å². The molecule has 4 atom stereocenters. The van der Waals surface area contributed by atoms with Gasteiger partial charge in [-0.15, -0.1) is 0 Å². The Bertz CT molecular complexity index is 756. The van der Waals surface area contributed by atoms with Gasteiger partial charge in [0.05, 0.1) is 12.9 Å². The van der Waals surface area contributed by atoms with Gasteiger partial charge in [0.15, 0.2) is 11.5 Å². The first-order chi connectivity index (χ1) is 10.0. The van der Waals surface area contributed by atoms with E-state index in [1.165, 1.54) is 6.33 Å². The Kier molecular flexibility index (Phi) is 4.30. The van der Waals surface area contributed by atoms with Crippen LogP contribution in [0.4, 0.5) is 5.82 Å². The predicted molar refractivity (Wildman–Crippen MR) is 74.7 cm³/mol. The van der Waals surface area contributed by atoms with Crippen LogP contribution in [0.2, 0.25) is 0 Å². The topological polar surface area (TPSA) is 135 Å². The number of nitrogen functional groups attached to an aromatic ring is 1. The Morgan fingerprint density at radius 3 is 3.00 bits per heavy atom. The number of nitrogens with two attached hydrogens (primary N) is 1. The second kappa shape index (κ2) is 5.81. The average Bonchev–Trinajstić information content (AvgIpc) is 3.01. The summed E-state index contributed by atoms with van der Waals surface area (Å²) in [5.74, 6) is 0.286. The second-order valence-corrected chi connectivity index (χ2v) is 6.26. The van der Waals surface area contributed by atoms with Crippen molar-refractivity contribution < 1.29 is 23.2 Å². The molecular weight excluding hydrogens is 324 g/mol. The van der Waals surface area contributed by atoms with Crippen molar-refractivity contribution in [1.29, 1.82) is 0 Å². The molecule has 2 fully saturated rings. The Morgan fingerprint density at radius 1 is 1.36 bits per heavy atom. The van der Waals surface area contributed by atoms with Crippen molar-refractivity contribution in [3.05, 3.63) is 12.7 Å². The maximum absolute atomic E-state index is 11.4. The van der Waals surface area contributed by atoms with E-state index in [4.69, 9.17) is 19.5 Å². The largest absolute Gasteiger partial charge is 0.472 e. The number of phosphoric ester groups is 1. The molecule has 10 nitrogen and oxygen atoms in total. The Balaban J connectivity index is 0.00000144. The third kappa shape index (κ3) is 2.70. The van der Waals surface area contributed by atoms with E-state index in [9.17, 15) is 9.46 Å². The maximum atomic E-state index is 11.4. The van der Waals surface area contributed by atoms with E-state index in [2.05, 4.69) is 15.0 Å². The van der Waals surface area contributed by atoms with E-state index in [-0.39, 0.29) is 42.0 Å². The first kappa shape index (κ1) is 16.3. The molecule has 2 aliphatic heterocycles. The summed E-state index contributed by atoms with van der Waals surface area (Å²) in [6, 6.07) is 0. The van der Waals surface area contributed by atoms with E-state index in [1.54, 1.807) is 10.9 Å². The van der Waals surface area contributed by atoms with Crippen LogP contribution in [0.15, 0.2) is 12.7 Å². The summed E-state index contributed by atoms with van der Waals surface area (Å²) in [7, 11) is -3.97. The molecule has 113 valence electrons. The number of anilines is 1. The molecule has 2 aromatic rings. The predicted octanol–water partition coefficient (Wildman–Crippen LogP) is -0.169. The van der Waals surface area contributed by atoms with Crippen LogP contribution < -0.4 is 5.73 Å². The van der Waals surface area contributed by atoms with Gasteiger partial charge in [-0.25, -0.2) is 19.5 Å². The first-order valence-corrected chi connectivity index (χ1v) is 7.77. The molecule has 22 heavy (non-hydrogen) atoms. The van der Waals surface area contributed by atoms with Crippen LogP contribution >= 0.6 is 7.82 Å². The van der Waals surface area contributed by atoms with Crippen molar-refractivity contribution in [3.63, 3.8) is 0 Å². The van der Waals surface area contributed by atoms with Gasteiger partial charge in [-0.1, -0.05) is 0 Å². The fraction of sp³-hybridized carbons (Fsp3) is 0.500. The van der Waals surface area contributed by atoms with Gasteiger partial charge >= 0.3 is 7.82 Å². The normalized spacial score (nSPS) is 34.3. The number of nitrogens with zero attached hydrogens (tertiary/aromatic N) is 4. The van der Waals surface area contributed by atoms with Crippen molar-refractivity contribution in [2.45, 2.75) is 24.9 Å². The zero-order valence-corrected chi connectivity index (χ0v) is 14.6. The molecule has 0 bridgehead atoms. The third-order valence-electron chi connectivity index (χ3n) is 3.55. The van der Waals surface area contributed by atoms with Gasteiger partial charge in [0.2, 0.25) is 0 Å². The maximum Gasteiger partial charge on any atom is 0.472 e. The Morgan fingerprint density at radius 2 is 2.18 bits per heavy atom. The molecule has 4 rings (SSSR count). The molecule has 4 heterocycles. The van der Waals surface area contributed by atoms with Gasteiger partial charge in [-0.05, 0) is 0 Å². The van der Waals surface area contributed by atoms with Gasteiger partial charge in [0.1, 0.15) is 30.3 Å². The van der Waals surface area contributed by atoms with E-state index in [1.807, 2.05) is 0 Å². The monoisotopic (exact) mass is 336 g/mol. The van der Waals surface area contributed by atoms with Crippen molar-refractivity contribution in [2.75, 3.05) is 12.3 Å². The van der Waals surface area contributed by atoms with Gasteiger partial charge in [-0.2, -0.15) is 0 Å². The van der Waals surface area contributed by atoms with Gasteiger partial charge in [0, 0.05) is 36.0 Å². The zero-order chi connectivity index (χ0) is 14.6. The van der Waals surface area contributed by atoms with Crippen molar-refractivity contribution in [2.24, 2.45) is 0 Å². The minimum absolute atomic E-state index is 0. The number of aromatic nitrogens is 4. The number of ether oxygens (including phenoxy) is 1. The summed E-state index contributed by atoms with van der Waals surface area (Å²) in [6.45, 7) is 0.0126. The molecule has 0 amide bonds. The van der Waals surface area contributed by atoms with Crippen LogP contribution in [0, 0.1) is 0 Å². The zero-order valence-electron chi connectivity index (χ0n) is 11.7. The number of fused-ring (bicyclic) bond motifs is 2. The summed E-state index contributed by atoms with van der Waals surface area (Å²) in [5.41, 5.74) is 6.77. The molecule has 2 aromatic heterocycles. The van der Waals surface area contributed by atoms with Crippen molar-refractivity contribution in [1.82, 2.24) is 19.5 Å². The summed E-state index contributed by atoms with van der Waals surface area (Å²) < 4.78 is 28.7. The minimum atomic E-state index is -3.97. The molecule has 12 heteroatoms. The number of rotatable bonds is 1. The number of hydrogen-bond acceptors (Lipinski definition) is 8. The quantitative estimate of drug-likeness (QED) is 0.537. The molecule has 2 saturated heterocycles. The fourth-order valence-electron chi connectivity index (χ4n) is 2.58. The Hall–Kier alpha value is -0.580. The van der Waals surface area contributed by atoms with E-state index in [0.717, 1.165) is 0 Å². The average molecular weight is 336 g/mol. The smallest absolute Gasteiger partial charge is 0.382 e. The van der Waals surface area contributed by atoms with E-state index < -0.39 is 26.3 Å². The van der Waals surface area contributed by atoms with Crippen LogP contribution in [0.25, 0.3) is 11.2 Å². The van der Waals surface area contributed by atoms with Gasteiger partial charge < -0.3 is 15.4 Å². The summed E-state index contributed by atoms with van der Waals surface area (Å²) in [4.78, 5) is 21.5. The second-order valence-electron chi connectivity index (χ2n) is 4.86. The molecule has 1 radical (unpaired) electrons. The number of phosphoric acid groups is 1. The first-order valence-electron chi connectivity index (χ1n) is 6.28. The van der Waals surface area contributed by atoms with E-state index >= 15 is 0 Å². The van der Waals surface area contributed by atoms with Crippen molar-refractivity contribution in [3.8, 4) is 0 Å². The third-order valence-corrected chi connectivity index (χ3v) is 4.56. The van der Waals surface area contributed by atoms with E-state index in [0.29, 0.717) is 17.6 Å². The number of imidazole rings is 1. The number of hydrogen-bond donors (Lipinski definition) is 2. The Labute approximate surface area is 146 Å². The molecule has 0 spiro atoms. The molecule has 0 aliphatic carbocycles. The summed E-state index contributed by atoms with van der Waals surface area (Å²) >= 11 is 0. The molecule has 2 aliphatic rings. The molecule has 1 unspecified atom stereocenters. The minimum Gasteiger partial charge on any atom is -0.382 e. The molecule has 0 saturated carbocycles.